The summed E-state index contributed by atoms with van der Waals surface area (Å²) in [6, 6.07) is 11.2. The molecule has 0 radical (unpaired) electrons. The summed E-state index contributed by atoms with van der Waals surface area (Å²) in [7, 11) is 0. The van der Waals surface area contributed by atoms with Gasteiger partial charge in [-0.1, -0.05) is 23.4 Å². The van der Waals surface area contributed by atoms with Crippen molar-refractivity contribution in [2.75, 3.05) is 11.1 Å². The lowest BCUT2D eigenvalue weighted by Crippen LogP contribution is -2.15. The quantitative estimate of drug-likeness (QED) is 0.426. The number of carbonyl (C=O) groups excluding carboxylic acids is 1. The molecule has 0 atom stereocenters. The third-order valence-electron chi connectivity index (χ3n) is 3.89. The normalized spacial score (nSPS) is 11.0. The number of thioether (sulfide) groups is 1. The number of aromatic nitrogens is 3. The molecular formula is C19H14ClFN4O3S. The Morgan fingerprint density at radius 3 is 2.72 bits per heavy atom. The molecule has 4 aromatic rings. The molecule has 0 bridgehead atoms. The molecule has 0 unspecified atom stereocenters. The zero-order valence-electron chi connectivity index (χ0n) is 14.8. The van der Waals surface area contributed by atoms with E-state index in [9.17, 15) is 9.18 Å². The van der Waals surface area contributed by atoms with Crippen LogP contribution in [0.25, 0.3) is 11.6 Å². The maximum absolute atomic E-state index is 13.2. The largest absolute Gasteiger partial charge is 0.467 e. The van der Waals surface area contributed by atoms with Crippen LogP contribution in [0.15, 0.2) is 69.0 Å². The molecule has 0 aliphatic heterocycles. The van der Waals surface area contributed by atoms with E-state index in [4.69, 9.17) is 20.4 Å². The topological polar surface area (TPSA) is 86.1 Å². The van der Waals surface area contributed by atoms with E-state index in [1.807, 2.05) is 10.6 Å². The van der Waals surface area contributed by atoms with Crippen molar-refractivity contribution in [1.29, 1.82) is 0 Å². The molecular weight excluding hydrogens is 419 g/mol. The van der Waals surface area contributed by atoms with E-state index in [1.54, 1.807) is 30.7 Å². The van der Waals surface area contributed by atoms with Crippen LogP contribution in [0.1, 0.15) is 5.76 Å². The van der Waals surface area contributed by atoms with Gasteiger partial charge in [-0.25, -0.2) is 4.39 Å². The summed E-state index contributed by atoms with van der Waals surface area (Å²) in [5, 5.41) is 11.5. The second kappa shape index (κ2) is 8.54. The van der Waals surface area contributed by atoms with Crippen LogP contribution >= 0.6 is 23.4 Å². The molecule has 10 heteroatoms. The SMILES string of the molecule is O=C(CSc1nnc(-c2ccco2)n1Cc1ccco1)Nc1ccc(F)c(Cl)c1. The summed E-state index contributed by atoms with van der Waals surface area (Å²) in [5.74, 6) is 1.04. The smallest absolute Gasteiger partial charge is 0.234 e. The van der Waals surface area contributed by atoms with Gasteiger partial charge in [0.2, 0.25) is 11.7 Å². The number of nitrogens with one attached hydrogen (secondary N) is 1. The Hall–Kier alpha value is -3.04. The molecule has 4 rings (SSSR count). The van der Waals surface area contributed by atoms with Crippen LogP contribution in [0.2, 0.25) is 5.02 Å². The van der Waals surface area contributed by atoms with Crippen LogP contribution in [-0.2, 0) is 11.3 Å². The highest BCUT2D eigenvalue weighted by atomic mass is 35.5. The molecule has 0 spiro atoms. The van der Waals surface area contributed by atoms with Gasteiger partial charge >= 0.3 is 0 Å². The molecule has 0 aliphatic rings. The van der Waals surface area contributed by atoms with Gasteiger partial charge in [-0.15, -0.1) is 10.2 Å². The van der Waals surface area contributed by atoms with E-state index in [1.165, 1.54) is 30.0 Å². The van der Waals surface area contributed by atoms with Crippen LogP contribution in [-0.4, -0.2) is 26.4 Å². The van der Waals surface area contributed by atoms with E-state index >= 15 is 0 Å². The van der Waals surface area contributed by atoms with Crippen molar-refractivity contribution in [3.8, 4) is 11.6 Å². The zero-order chi connectivity index (χ0) is 20.2. The lowest BCUT2D eigenvalue weighted by Gasteiger charge is -2.08. The Labute approximate surface area is 173 Å². The van der Waals surface area contributed by atoms with Gasteiger partial charge in [0.05, 0.1) is 29.8 Å². The molecule has 1 N–H and O–H groups in total. The molecule has 1 amide bonds. The number of furan rings is 2. The second-order valence-corrected chi connectivity index (χ2v) is 7.26. The Bertz CT molecular complexity index is 1110. The fourth-order valence-electron chi connectivity index (χ4n) is 2.59. The Morgan fingerprint density at radius 2 is 2.00 bits per heavy atom. The molecule has 0 saturated carbocycles. The number of halogens is 2. The van der Waals surface area contributed by atoms with E-state index in [2.05, 4.69) is 15.5 Å². The number of hydrogen-bond acceptors (Lipinski definition) is 6. The number of amides is 1. The number of benzene rings is 1. The van der Waals surface area contributed by atoms with E-state index in [-0.39, 0.29) is 16.7 Å². The monoisotopic (exact) mass is 432 g/mol. The molecule has 0 aliphatic carbocycles. The molecule has 3 aromatic heterocycles. The molecule has 7 nitrogen and oxygen atoms in total. The minimum Gasteiger partial charge on any atom is -0.467 e. The second-order valence-electron chi connectivity index (χ2n) is 5.91. The summed E-state index contributed by atoms with van der Waals surface area (Å²) in [4.78, 5) is 12.3. The summed E-state index contributed by atoms with van der Waals surface area (Å²) in [6.45, 7) is 0.382. The van der Waals surface area contributed by atoms with E-state index < -0.39 is 5.82 Å². The van der Waals surface area contributed by atoms with Crippen molar-refractivity contribution in [1.82, 2.24) is 14.8 Å². The summed E-state index contributed by atoms with van der Waals surface area (Å²) >= 11 is 6.95. The first-order valence-corrected chi connectivity index (χ1v) is 9.83. The van der Waals surface area contributed by atoms with Gasteiger partial charge in [-0.05, 0) is 42.5 Å². The third kappa shape index (κ3) is 4.52. The molecule has 3 heterocycles. The number of anilines is 1. The van der Waals surface area contributed by atoms with E-state index in [0.29, 0.717) is 34.7 Å². The highest BCUT2D eigenvalue weighted by molar-refractivity contribution is 7.99. The number of carbonyl (C=O) groups is 1. The van der Waals surface area contributed by atoms with Crippen LogP contribution in [0, 0.1) is 5.82 Å². The summed E-state index contributed by atoms with van der Waals surface area (Å²) < 4.78 is 25.9. The maximum atomic E-state index is 13.2. The standard InChI is InChI=1S/C19H14ClFN4O3S/c20-14-9-12(5-6-15(14)21)22-17(26)11-29-19-24-23-18(16-4-2-8-28-16)25(19)10-13-3-1-7-27-13/h1-9H,10-11H2,(H,22,26). The Kier molecular flexibility index (Phi) is 5.68. The molecule has 0 fully saturated rings. The van der Waals surface area contributed by atoms with Gasteiger partial charge in [-0.2, -0.15) is 0 Å². The summed E-state index contributed by atoms with van der Waals surface area (Å²) in [6.07, 6.45) is 3.13. The zero-order valence-corrected chi connectivity index (χ0v) is 16.4. The van der Waals surface area contributed by atoms with Crippen molar-refractivity contribution < 1.29 is 18.0 Å². The van der Waals surface area contributed by atoms with Gasteiger partial charge in [0.1, 0.15) is 11.6 Å². The van der Waals surface area contributed by atoms with Gasteiger partial charge in [0.15, 0.2) is 10.9 Å². The fourth-order valence-corrected chi connectivity index (χ4v) is 3.50. The van der Waals surface area contributed by atoms with Gasteiger partial charge < -0.3 is 14.2 Å². The number of nitrogens with zero attached hydrogens (tertiary/aromatic N) is 3. The number of hydrogen-bond donors (Lipinski definition) is 1. The lowest BCUT2D eigenvalue weighted by molar-refractivity contribution is -0.113. The first-order chi connectivity index (χ1) is 14.1. The van der Waals surface area contributed by atoms with Crippen LogP contribution in [0.5, 0.6) is 0 Å². The minimum absolute atomic E-state index is 0.0586. The molecule has 148 valence electrons. The van der Waals surface area contributed by atoms with Crippen molar-refractivity contribution in [2.45, 2.75) is 11.7 Å². The van der Waals surface area contributed by atoms with Crippen molar-refractivity contribution in [3.63, 3.8) is 0 Å². The molecule has 0 saturated heterocycles. The maximum Gasteiger partial charge on any atom is 0.234 e. The van der Waals surface area contributed by atoms with Crippen molar-refractivity contribution in [2.24, 2.45) is 0 Å². The third-order valence-corrected chi connectivity index (χ3v) is 5.14. The predicted octanol–water partition coefficient (Wildman–Crippen LogP) is 4.70. The van der Waals surface area contributed by atoms with Crippen LogP contribution in [0.4, 0.5) is 10.1 Å². The van der Waals surface area contributed by atoms with E-state index in [0.717, 1.165) is 0 Å². The summed E-state index contributed by atoms with van der Waals surface area (Å²) in [5.41, 5.74) is 0.412. The average molecular weight is 433 g/mol. The first kappa shape index (κ1) is 19.3. The molecule has 1 aromatic carbocycles. The number of rotatable bonds is 7. The highest BCUT2D eigenvalue weighted by Crippen LogP contribution is 2.26. The lowest BCUT2D eigenvalue weighted by atomic mass is 10.3. The van der Waals surface area contributed by atoms with Crippen molar-refractivity contribution in [3.05, 3.63) is 71.6 Å². The van der Waals surface area contributed by atoms with Gasteiger partial charge in [0.25, 0.3) is 0 Å². The first-order valence-electron chi connectivity index (χ1n) is 8.47. The predicted molar refractivity (Wildman–Crippen MR) is 106 cm³/mol. The minimum atomic E-state index is -0.546. The Morgan fingerprint density at radius 1 is 1.17 bits per heavy atom. The van der Waals surface area contributed by atoms with Gasteiger partial charge in [0, 0.05) is 5.69 Å². The van der Waals surface area contributed by atoms with Crippen LogP contribution in [0.3, 0.4) is 0 Å². The average Bonchev–Trinajstić information content (AvgIpc) is 3.45. The highest BCUT2D eigenvalue weighted by Gasteiger charge is 2.18. The molecule has 29 heavy (non-hydrogen) atoms. The van der Waals surface area contributed by atoms with Crippen molar-refractivity contribution >= 4 is 35.0 Å². The fraction of sp³-hybridized carbons (Fsp3) is 0.105. The van der Waals surface area contributed by atoms with Crippen LogP contribution < -0.4 is 5.32 Å². The Balaban J connectivity index is 1.49. The van der Waals surface area contributed by atoms with Gasteiger partial charge in [-0.3, -0.25) is 9.36 Å².